The van der Waals surface area contributed by atoms with Crippen molar-refractivity contribution in [3.8, 4) is 11.5 Å². The van der Waals surface area contributed by atoms with E-state index in [2.05, 4.69) is 38.4 Å². The normalized spacial score (nSPS) is 12.4. The Morgan fingerprint density at radius 1 is 1.25 bits per heavy atom. The van der Waals surface area contributed by atoms with Crippen molar-refractivity contribution in [2.45, 2.75) is 6.92 Å². The number of nitrogens with one attached hydrogen (secondary N) is 2. The van der Waals surface area contributed by atoms with Crippen LogP contribution >= 0.6 is 22.6 Å². The number of ether oxygens (including phenoxy) is 2. The molecule has 1 heterocycles. The van der Waals surface area contributed by atoms with Gasteiger partial charge in [0.05, 0.1) is 12.8 Å². The first-order valence-corrected chi connectivity index (χ1v) is 8.41. The molecule has 1 amide bonds. The average molecular weight is 437 g/mol. The van der Waals surface area contributed by atoms with E-state index in [4.69, 9.17) is 9.47 Å². The third-order valence-electron chi connectivity index (χ3n) is 3.41. The summed E-state index contributed by atoms with van der Waals surface area (Å²) in [5, 5.41) is 7.02. The maximum atomic E-state index is 11.8. The summed E-state index contributed by atoms with van der Waals surface area (Å²) in [6, 6.07) is 11.4. The number of benzene rings is 2. The van der Waals surface area contributed by atoms with E-state index in [9.17, 15) is 4.79 Å². The van der Waals surface area contributed by atoms with E-state index in [1.165, 1.54) is 9.13 Å². The summed E-state index contributed by atoms with van der Waals surface area (Å²) >= 11 is 2.27. The molecule has 2 aromatic carbocycles. The van der Waals surface area contributed by atoms with E-state index in [-0.39, 0.29) is 19.2 Å². The predicted octanol–water partition coefficient (Wildman–Crippen LogP) is 2.89. The summed E-state index contributed by atoms with van der Waals surface area (Å²) in [4.78, 5) is 11.8. The summed E-state index contributed by atoms with van der Waals surface area (Å²) in [6.45, 7) is 2.41. The lowest BCUT2D eigenvalue weighted by Crippen LogP contribution is -2.25. The quantitative estimate of drug-likeness (QED) is 0.429. The molecule has 0 saturated carbocycles. The third-order valence-corrected chi connectivity index (χ3v) is 4.62. The number of nitrogens with zero attached hydrogens (tertiary/aromatic N) is 1. The Labute approximate surface area is 153 Å². The van der Waals surface area contributed by atoms with Gasteiger partial charge in [-0.1, -0.05) is 0 Å². The second-order valence-corrected chi connectivity index (χ2v) is 6.39. The number of carbonyl (C=O) groups is 1. The highest BCUT2D eigenvalue weighted by molar-refractivity contribution is 14.1. The van der Waals surface area contributed by atoms with Crippen molar-refractivity contribution in [1.82, 2.24) is 5.43 Å². The van der Waals surface area contributed by atoms with Crippen LogP contribution in [0.15, 0.2) is 41.5 Å². The fourth-order valence-corrected chi connectivity index (χ4v) is 2.48. The molecular formula is C17H16IN3O3. The summed E-state index contributed by atoms with van der Waals surface area (Å²) in [6.07, 6.45) is 1.56. The number of amides is 1. The lowest BCUT2D eigenvalue weighted by atomic mass is 10.2. The molecule has 3 rings (SSSR count). The van der Waals surface area contributed by atoms with Crippen LogP contribution < -0.4 is 20.2 Å². The highest BCUT2D eigenvalue weighted by atomic mass is 127. The minimum absolute atomic E-state index is 0.151. The van der Waals surface area contributed by atoms with Gasteiger partial charge >= 0.3 is 0 Å². The monoisotopic (exact) mass is 437 g/mol. The van der Waals surface area contributed by atoms with Crippen molar-refractivity contribution in [2.24, 2.45) is 5.10 Å². The number of hydrazone groups is 1. The molecule has 2 aromatic rings. The molecule has 124 valence electrons. The molecule has 2 N–H and O–H groups in total. The van der Waals surface area contributed by atoms with Crippen molar-refractivity contribution in [1.29, 1.82) is 0 Å². The Morgan fingerprint density at radius 2 is 2.08 bits per heavy atom. The Kier molecular flexibility index (Phi) is 5.19. The van der Waals surface area contributed by atoms with Crippen molar-refractivity contribution < 1.29 is 14.3 Å². The molecule has 0 atom stereocenters. The van der Waals surface area contributed by atoms with Crippen LogP contribution in [0, 0.1) is 10.5 Å². The number of halogens is 1. The van der Waals surface area contributed by atoms with Crippen LogP contribution in [0.25, 0.3) is 0 Å². The fourth-order valence-electron chi connectivity index (χ4n) is 2.15. The van der Waals surface area contributed by atoms with Gasteiger partial charge in [0.15, 0.2) is 11.5 Å². The molecule has 0 unspecified atom stereocenters. The van der Waals surface area contributed by atoms with Crippen molar-refractivity contribution >= 4 is 40.4 Å². The van der Waals surface area contributed by atoms with E-state index >= 15 is 0 Å². The number of rotatable bonds is 5. The SMILES string of the molecule is Cc1cc(NCC(=O)N/N=C\c2ccc3c(c2)OCO3)ccc1I. The first-order chi connectivity index (χ1) is 11.6. The number of hydrogen-bond acceptors (Lipinski definition) is 5. The third kappa shape index (κ3) is 4.16. The molecule has 0 radical (unpaired) electrons. The van der Waals surface area contributed by atoms with Gasteiger partial charge in [-0.25, -0.2) is 5.43 Å². The van der Waals surface area contributed by atoms with Crippen molar-refractivity contribution in [2.75, 3.05) is 18.7 Å². The minimum atomic E-state index is -0.219. The number of hydrogen-bond donors (Lipinski definition) is 2. The molecule has 0 aliphatic carbocycles. The molecule has 0 bridgehead atoms. The van der Waals surface area contributed by atoms with Crippen LogP contribution in [0.5, 0.6) is 11.5 Å². The average Bonchev–Trinajstić information content (AvgIpc) is 3.04. The summed E-state index contributed by atoms with van der Waals surface area (Å²) in [5.74, 6) is 1.18. The molecule has 0 saturated heterocycles. The van der Waals surface area contributed by atoms with E-state index in [0.717, 1.165) is 11.3 Å². The molecular weight excluding hydrogens is 421 g/mol. The van der Waals surface area contributed by atoms with Gasteiger partial charge in [0.1, 0.15) is 0 Å². The number of carbonyl (C=O) groups excluding carboxylic acids is 1. The Bertz CT molecular complexity index is 793. The zero-order valence-electron chi connectivity index (χ0n) is 13.0. The Balaban J connectivity index is 1.49. The molecule has 7 heteroatoms. The van der Waals surface area contributed by atoms with Gasteiger partial charge in [-0.2, -0.15) is 5.10 Å². The topological polar surface area (TPSA) is 72.0 Å². The molecule has 6 nitrogen and oxygen atoms in total. The van der Waals surface area contributed by atoms with Gasteiger partial charge < -0.3 is 14.8 Å². The van der Waals surface area contributed by atoms with Crippen LogP contribution in [0.4, 0.5) is 5.69 Å². The zero-order chi connectivity index (χ0) is 16.9. The van der Waals surface area contributed by atoms with Gasteiger partial charge in [-0.15, -0.1) is 0 Å². The maximum Gasteiger partial charge on any atom is 0.259 e. The smallest absolute Gasteiger partial charge is 0.259 e. The molecule has 24 heavy (non-hydrogen) atoms. The first-order valence-electron chi connectivity index (χ1n) is 7.33. The maximum absolute atomic E-state index is 11.8. The van der Waals surface area contributed by atoms with Crippen LogP contribution in [-0.4, -0.2) is 25.5 Å². The van der Waals surface area contributed by atoms with E-state index < -0.39 is 0 Å². The predicted molar refractivity (Wildman–Crippen MR) is 101 cm³/mol. The minimum Gasteiger partial charge on any atom is -0.454 e. The van der Waals surface area contributed by atoms with Gasteiger partial charge in [-0.05, 0) is 77.0 Å². The van der Waals surface area contributed by atoms with Crippen LogP contribution in [0.2, 0.25) is 0 Å². The molecule has 0 fully saturated rings. The number of aryl methyl sites for hydroxylation is 1. The number of anilines is 1. The van der Waals surface area contributed by atoms with Crippen molar-refractivity contribution in [3.05, 3.63) is 51.1 Å². The van der Waals surface area contributed by atoms with Crippen LogP contribution in [0.1, 0.15) is 11.1 Å². The Hall–Kier alpha value is -2.29. The van der Waals surface area contributed by atoms with Gasteiger partial charge in [-0.3, -0.25) is 4.79 Å². The fraction of sp³-hybridized carbons (Fsp3) is 0.176. The summed E-state index contributed by atoms with van der Waals surface area (Å²) in [5.41, 5.74) is 5.38. The van der Waals surface area contributed by atoms with Gasteiger partial charge in [0.25, 0.3) is 5.91 Å². The van der Waals surface area contributed by atoms with Gasteiger partial charge in [0.2, 0.25) is 6.79 Å². The summed E-state index contributed by atoms with van der Waals surface area (Å²) in [7, 11) is 0. The van der Waals surface area contributed by atoms with E-state index in [1.54, 1.807) is 6.21 Å². The standard InChI is InChI=1S/C17H16IN3O3/c1-11-6-13(3-4-14(11)18)19-9-17(22)21-20-8-12-2-5-15-16(7-12)24-10-23-15/h2-8,19H,9-10H2,1H3,(H,21,22)/b20-8-. The lowest BCUT2D eigenvalue weighted by Gasteiger charge is -2.07. The number of fused-ring (bicyclic) bond motifs is 1. The second-order valence-electron chi connectivity index (χ2n) is 5.22. The lowest BCUT2D eigenvalue weighted by molar-refractivity contribution is -0.119. The second kappa shape index (κ2) is 7.52. The van der Waals surface area contributed by atoms with Crippen molar-refractivity contribution in [3.63, 3.8) is 0 Å². The largest absolute Gasteiger partial charge is 0.454 e. The van der Waals surface area contributed by atoms with E-state index in [1.807, 2.05) is 43.3 Å². The highest BCUT2D eigenvalue weighted by Gasteiger charge is 2.12. The summed E-state index contributed by atoms with van der Waals surface area (Å²) < 4.78 is 11.7. The van der Waals surface area contributed by atoms with Crippen LogP contribution in [0.3, 0.4) is 0 Å². The Morgan fingerprint density at radius 3 is 2.92 bits per heavy atom. The molecule has 1 aliphatic heterocycles. The zero-order valence-corrected chi connectivity index (χ0v) is 15.2. The van der Waals surface area contributed by atoms with Gasteiger partial charge in [0, 0.05) is 9.26 Å². The molecule has 0 aromatic heterocycles. The van der Waals surface area contributed by atoms with Crippen LogP contribution in [-0.2, 0) is 4.79 Å². The first kappa shape index (κ1) is 16.6. The molecule has 0 spiro atoms. The van der Waals surface area contributed by atoms with E-state index in [0.29, 0.717) is 11.5 Å². The molecule has 1 aliphatic rings. The highest BCUT2D eigenvalue weighted by Crippen LogP contribution is 2.31.